The molecule has 0 bridgehead atoms. The largest absolute Gasteiger partial charge is 0.480 e. The van der Waals surface area contributed by atoms with E-state index in [1.165, 1.54) is 4.90 Å². The summed E-state index contributed by atoms with van der Waals surface area (Å²) in [7, 11) is -3.61. The highest BCUT2D eigenvalue weighted by Crippen LogP contribution is 2.14. The zero-order chi connectivity index (χ0) is 13.8. The molecule has 0 unspecified atom stereocenters. The average Bonchev–Trinajstić information content (AvgIpc) is 2.24. The maximum Gasteiger partial charge on any atom is 0.323 e. The van der Waals surface area contributed by atoms with Gasteiger partial charge < -0.3 is 10.0 Å². The van der Waals surface area contributed by atoms with Gasteiger partial charge in [0.25, 0.3) is 0 Å². The second-order valence-corrected chi connectivity index (χ2v) is 5.75. The van der Waals surface area contributed by atoms with Crippen molar-refractivity contribution in [1.29, 1.82) is 0 Å². The number of benzene rings is 1. The summed E-state index contributed by atoms with van der Waals surface area (Å²) in [5.74, 6) is -1.31. The highest BCUT2D eigenvalue weighted by molar-refractivity contribution is 7.89. The maximum absolute atomic E-state index is 10.9. The molecule has 0 atom stereocenters. The van der Waals surface area contributed by atoms with Gasteiger partial charge in [-0.05, 0) is 19.1 Å². The van der Waals surface area contributed by atoms with Crippen molar-refractivity contribution < 1.29 is 18.3 Å². The van der Waals surface area contributed by atoms with E-state index in [0.717, 1.165) is 5.56 Å². The zero-order valence-corrected chi connectivity index (χ0v) is 10.9. The zero-order valence-electron chi connectivity index (χ0n) is 10.0. The normalized spacial score (nSPS) is 11.2. The van der Waals surface area contributed by atoms with Crippen LogP contribution in [0.25, 0.3) is 0 Å². The molecule has 0 aliphatic rings. The number of anilines is 1. The Kier molecular flexibility index (Phi) is 4.69. The molecular formula is C11H16N2O4S. The molecule has 1 rings (SSSR count). The lowest BCUT2D eigenvalue weighted by Crippen LogP contribution is -2.35. The van der Waals surface area contributed by atoms with Gasteiger partial charge in [0.15, 0.2) is 0 Å². The Bertz CT molecular complexity index is 510. The smallest absolute Gasteiger partial charge is 0.323 e. The lowest BCUT2D eigenvalue weighted by molar-refractivity contribution is -0.135. The van der Waals surface area contributed by atoms with Crippen LogP contribution in [0.5, 0.6) is 0 Å². The fourth-order valence-electron chi connectivity index (χ4n) is 1.46. The summed E-state index contributed by atoms with van der Waals surface area (Å²) in [6.07, 6.45) is 0. The number of hydrogen-bond acceptors (Lipinski definition) is 4. The van der Waals surface area contributed by atoms with Crippen LogP contribution in [0.3, 0.4) is 0 Å². The van der Waals surface area contributed by atoms with Crippen LogP contribution in [0, 0.1) is 6.92 Å². The predicted octanol–water partition coefficient (Wildman–Crippen LogP) is 0.175. The van der Waals surface area contributed by atoms with E-state index in [2.05, 4.69) is 0 Å². The van der Waals surface area contributed by atoms with Crippen molar-refractivity contribution in [1.82, 2.24) is 0 Å². The van der Waals surface area contributed by atoms with E-state index in [0.29, 0.717) is 5.69 Å². The van der Waals surface area contributed by atoms with Crippen LogP contribution in [0.2, 0.25) is 0 Å². The van der Waals surface area contributed by atoms with E-state index < -0.39 is 16.0 Å². The molecule has 1 aromatic rings. The fraction of sp³-hybridized carbons (Fsp3) is 0.364. The summed E-state index contributed by atoms with van der Waals surface area (Å²) in [5, 5.41) is 13.7. The molecule has 18 heavy (non-hydrogen) atoms. The standard InChI is InChI=1S/C11H16N2O4S/c1-9-2-4-10(5-3-9)13(8-11(14)15)6-7-18(12,16)17/h2-5H,6-8H2,1H3,(H,14,15)(H2,12,16,17). The first-order chi connectivity index (χ1) is 8.28. The topological polar surface area (TPSA) is 101 Å². The minimum absolute atomic E-state index is 0.0498. The average molecular weight is 272 g/mol. The van der Waals surface area contributed by atoms with Crippen LogP contribution in [0.1, 0.15) is 5.56 Å². The first kappa shape index (κ1) is 14.5. The quantitative estimate of drug-likeness (QED) is 0.769. The van der Waals surface area contributed by atoms with Crippen LogP contribution < -0.4 is 10.0 Å². The number of aryl methyl sites for hydroxylation is 1. The van der Waals surface area contributed by atoms with E-state index in [4.69, 9.17) is 10.2 Å². The third-order valence-electron chi connectivity index (χ3n) is 2.37. The SMILES string of the molecule is Cc1ccc(N(CCS(N)(=O)=O)CC(=O)O)cc1. The number of primary sulfonamides is 1. The molecule has 3 N–H and O–H groups in total. The predicted molar refractivity (Wildman–Crippen MR) is 69.0 cm³/mol. The van der Waals surface area contributed by atoms with Gasteiger partial charge in [-0.3, -0.25) is 4.79 Å². The molecule has 0 aromatic heterocycles. The van der Waals surface area contributed by atoms with Crippen molar-refractivity contribution in [2.45, 2.75) is 6.92 Å². The lowest BCUT2D eigenvalue weighted by Gasteiger charge is -2.22. The molecule has 100 valence electrons. The second-order valence-electron chi connectivity index (χ2n) is 4.02. The first-order valence-electron chi connectivity index (χ1n) is 5.32. The molecule has 1 aromatic carbocycles. The minimum Gasteiger partial charge on any atom is -0.480 e. The molecule has 0 fully saturated rings. The molecule has 0 saturated heterocycles. The third-order valence-corrected chi connectivity index (χ3v) is 3.12. The van der Waals surface area contributed by atoms with Crippen molar-refractivity contribution >= 4 is 21.7 Å². The van der Waals surface area contributed by atoms with E-state index in [1.807, 2.05) is 19.1 Å². The Morgan fingerprint density at radius 2 is 1.89 bits per heavy atom. The fourth-order valence-corrected chi connectivity index (χ4v) is 1.93. The number of nitrogens with two attached hydrogens (primary N) is 1. The van der Waals surface area contributed by atoms with E-state index in [-0.39, 0.29) is 18.8 Å². The molecular weight excluding hydrogens is 256 g/mol. The van der Waals surface area contributed by atoms with E-state index >= 15 is 0 Å². The molecule has 0 radical (unpaired) electrons. The second kappa shape index (κ2) is 5.83. The summed E-state index contributed by atoms with van der Waals surface area (Å²) >= 11 is 0. The van der Waals surface area contributed by atoms with E-state index in [9.17, 15) is 13.2 Å². The van der Waals surface area contributed by atoms with Crippen LogP contribution in [0.4, 0.5) is 5.69 Å². The minimum atomic E-state index is -3.61. The van der Waals surface area contributed by atoms with Gasteiger partial charge in [0.2, 0.25) is 10.0 Å². The van der Waals surface area contributed by atoms with Crippen LogP contribution in [-0.2, 0) is 14.8 Å². The van der Waals surface area contributed by atoms with Gasteiger partial charge in [0, 0.05) is 12.2 Å². The van der Waals surface area contributed by atoms with Gasteiger partial charge in [0.1, 0.15) is 6.54 Å². The Balaban J connectivity index is 2.84. The molecule has 0 amide bonds. The molecule has 0 aliphatic carbocycles. The van der Waals surface area contributed by atoms with Crippen molar-refractivity contribution in [2.75, 3.05) is 23.7 Å². The number of rotatable bonds is 6. The summed E-state index contributed by atoms with van der Waals surface area (Å²) in [6, 6.07) is 7.17. The number of sulfonamides is 1. The Morgan fingerprint density at radius 1 is 1.33 bits per heavy atom. The van der Waals surface area contributed by atoms with Crippen molar-refractivity contribution in [2.24, 2.45) is 5.14 Å². The van der Waals surface area contributed by atoms with Gasteiger partial charge in [-0.2, -0.15) is 0 Å². The number of nitrogens with zero attached hydrogens (tertiary/aromatic N) is 1. The number of aliphatic carboxylic acids is 1. The molecule has 0 heterocycles. The van der Waals surface area contributed by atoms with Crippen LogP contribution in [0.15, 0.2) is 24.3 Å². The number of hydrogen-bond donors (Lipinski definition) is 2. The van der Waals surface area contributed by atoms with Gasteiger partial charge in [-0.15, -0.1) is 0 Å². The monoisotopic (exact) mass is 272 g/mol. The molecule has 0 saturated carbocycles. The van der Waals surface area contributed by atoms with Crippen molar-refractivity contribution in [3.63, 3.8) is 0 Å². The van der Waals surface area contributed by atoms with Gasteiger partial charge in [-0.1, -0.05) is 17.7 Å². The summed E-state index contributed by atoms with van der Waals surface area (Å²) < 4.78 is 21.8. The van der Waals surface area contributed by atoms with Crippen LogP contribution >= 0.6 is 0 Å². The van der Waals surface area contributed by atoms with Gasteiger partial charge >= 0.3 is 5.97 Å². The van der Waals surface area contributed by atoms with Gasteiger partial charge in [0.05, 0.1) is 5.75 Å². The summed E-state index contributed by atoms with van der Waals surface area (Å²) in [6.45, 7) is 1.70. The molecule has 7 heteroatoms. The van der Waals surface area contributed by atoms with Gasteiger partial charge in [-0.25, -0.2) is 13.6 Å². The summed E-state index contributed by atoms with van der Waals surface area (Å²) in [5.41, 5.74) is 1.70. The first-order valence-corrected chi connectivity index (χ1v) is 7.03. The van der Waals surface area contributed by atoms with Crippen molar-refractivity contribution in [3.8, 4) is 0 Å². The number of carbonyl (C=O) groups is 1. The maximum atomic E-state index is 10.9. The van der Waals surface area contributed by atoms with Crippen LogP contribution in [-0.4, -0.2) is 38.3 Å². The molecule has 0 spiro atoms. The molecule has 0 aliphatic heterocycles. The Hall–Kier alpha value is -1.60. The number of carboxylic acids is 1. The molecule has 6 nitrogen and oxygen atoms in total. The Morgan fingerprint density at radius 3 is 2.33 bits per heavy atom. The Labute approximate surface area is 106 Å². The van der Waals surface area contributed by atoms with E-state index in [1.54, 1.807) is 12.1 Å². The highest BCUT2D eigenvalue weighted by Gasteiger charge is 2.13. The number of carboxylic acid groups (broad SMARTS) is 1. The highest BCUT2D eigenvalue weighted by atomic mass is 32.2. The third kappa shape index (κ3) is 5.15. The lowest BCUT2D eigenvalue weighted by atomic mass is 10.2. The summed E-state index contributed by atoms with van der Waals surface area (Å²) in [4.78, 5) is 12.2. The van der Waals surface area contributed by atoms with Crippen molar-refractivity contribution in [3.05, 3.63) is 29.8 Å².